The molecular weight excluding hydrogens is 453 g/mol. The summed E-state index contributed by atoms with van der Waals surface area (Å²) < 4.78 is 26.1. The molecule has 0 radical (unpaired) electrons. The fourth-order valence-corrected chi connectivity index (χ4v) is 4.07. The van der Waals surface area contributed by atoms with E-state index in [1.165, 1.54) is 12.1 Å². The van der Waals surface area contributed by atoms with Crippen molar-refractivity contribution in [1.82, 2.24) is 4.90 Å². The van der Waals surface area contributed by atoms with Crippen molar-refractivity contribution in [2.24, 2.45) is 5.92 Å². The largest absolute Gasteiger partial charge is 0.492 e. The zero-order valence-electron chi connectivity index (χ0n) is 14.7. The predicted octanol–water partition coefficient (Wildman–Crippen LogP) is 3.90. The van der Waals surface area contributed by atoms with Crippen LogP contribution in [-0.4, -0.2) is 42.9 Å². The SMILES string of the molecule is O=C1COc2cc(F)c(C(=O)N3CC(COc4ccc(Cl)cc4Br)C3)cc2C1. The van der Waals surface area contributed by atoms with E-state index >= 15 is 0 Å². The van der Waals surface area contributed by atoms with Crippen molar-refractivity contribution in [3.05, 3.63) is 56.8 Å². The number of likely N-dealkylation sites (tertiary alicyclic amines) is 1. The third-order valence-corrected chi connectivity index (χ3v) is 5.62. The average Bonchev–Trinajstić information content (AvgIpc) is 2.61. The Morgan fingerprint density at radius 1 is 1.32 bits per heavy atom. The number of hydrogen-bond donors (Lipinski definition) is 0. The Labute approximate surface area is 174 Å². The lowest BCUT2D eigenvalue weighted by atomic mass is 9.97. The van der Waals surface area contributed by atoms with Crippen LogP contribution in [0.5, 0.6) is 11.5 Å². The summed E-state index contributed by atoms with van der Waals surface area (Å²) in [6, 6.07) is 7.89. The number of amides is 1. The molecule has 2 aliphatic rings. The molecule has 0 unspecified atom stereocenters. The molecule has 2 aromatic carbocycles. The van der Waals surface area contributed by atoms with E-state index in [1.54, 1.807) is 23.1 Å². The quantitative estimate of drug-likeness (QED) is 0.683. The molecule has 0 bridgehead atoms. The minimum Gasteiger partial charge on any atom is -0.492 e. The maximum Gasteiger partial charge on any atom is 0.256 e. The van der Waals surface area contributed by atoms with Gasteiger partial charge in [0.1, 0.15) is 23.9 Å². The predicted molar refractivity (Wildman–Crippen MR) is 105 cm³/mol. The molecule has 2 heterocycles. The summed E-state index contributed by atoms with van der Waals surface area (Å²) in [6.07, 6.45) is 0.155. The van der Waals surface area contributed by atoms with Crippen LogP contribution in [0.1, 0.15) is 15.9 Å². The minimum atomic E-state index is -0.636. The van der Waals surface area contributed by atoms with Crippen molar-refractivity contribution in [3.63, 3.8) is 0 Å². The number of nitrogens with zero attached hydrogens (tertiary/aromatic N) is 1. The molecule has 2 aromatic rings. The number of ether oxygens (including phenoxy) is 2. The van der Waals surface area contributed by atoms with E-state index in [2.05, 4.69) is 15.9 Å². The van der Waals surface area contributed by atoms with Crippen molar-refractivity contribution >= 4 is 39.2 Å². The Hall–Kier alpha value is -2.12. The van der Waals surface area contributed by atoms with E-state index in [0.29, 0.717) is 41.8 Å². The summed E-state index contributed by atoms with van der Waals surface area (Å²) >= 11 is 9.30. The molecule has 5 nitrogen and oxygen atoms in total. The first kappa shape index (κ1) is 19.2. The molecule has 1 fully saturated rings. The summed E-state index contributed by atoms with van der Waals surface area (Å²) in [5.74, 6) is 0.0611. The molecule has 4 rings (SSSR count). The van der Waals surface area contributed by atoms with Gasteiger partial charge in [0, 0.05) is 42.1 Å². The summed E-state index contributed by atoms with van der Waals surface area (Å²) in [5, 5.41) is 0.610. The summed E-state index contributed by atoms with van der Waals surface area (Å²) in [4.78, 5) is 25.7. The molecule has 0 saturated carbocycles. The van der Waals surface area contributed by atoms with Crippen LogP contribution in [0, 0.1) is 11.7 Å². The van der Waals surface area contributed by atoms with Crippen molar-refractivity contribution < 1.29 is 23.5 Å². The Morgan fingerprint density at radius 2 is 2.11 bits per heavy atom. The number of ketones is 1. The second-order valence-corrected chi connectivity index (χ2v) is 8.20. The van der Waals surface area contributed by atoms with Gasteiger partial charge in [0.25, 0.3) is 5.91 Å². The first-order valence-electron chi connectivity index (χ1n) is 8.74. The summed E-state index contributed by atoms with van der Waals surface area (Å²) in [7, 11) is 0. The Balaban J connectivity index is 1.36. The van der Waals surface area contributed by atoms with E-state index in [9.17, 15) is 14.0 Å². The van der Waals surface area contributed by atoms with Gasteiger partial charge >= 0.3 is 0 Å². The number of fused-ring (bicyclic) bond motifs is 1. The van der Waals surface area contributed by atoms with Crippen LogP contribution >= 0.6 is 27.5 Å². The van der Waals surface area contributed by atoms with Gasteiger partial charge in [0.05, 0.1) is 16.6 Å². The van der Waals surface area contributed by atoms with Crippen LogP contribution in [0.2, 0.25) is 5.02 Å². The van der Waals surface area contributed by atoms with Crippen LogP contribution in [-0.2, 0) is 11.2 Å². The number of carbonyl (C=O) groups is 2. The highest BCUT2D eigenvalue weighted by molar-refractivity contribution is 9.10. The number of benzene rings is 2. The Bertz CT molecular complexity index is 961. The van der Waals surface area contributed by atoms with Gasteiger partial charge in [0.15, 0.2) is 5.78 Å². The second-order valence-electron chi connectivity index (χ2n) is 6.91. The van der Waals surface area contributed by atoms with Crippen LogP contribution in [0.15, 0.2) is 34.8 Å². The molecular formula is C20H16BrClFNO4. The molecule has 1 amide bonds. The summed E-state index contributed by atoms with van der Waals surface area (Å²) in [5.41, 5.74) is 0.519. The van der Waals surface area contributed by atoms with E-state index in [4.69, 9.17) is 21.1 Å². The van der Waals surface area contributed by atoms with Crippen LogP contribution < -0.4 is 9.47 Å². The lowest BCUT2D eigenvalue weighted by Crippen LogP contribution is -2.52. The Morgan fingerprint density at radius 3 is 2.86 bits per heavy atom. The monoisotopic (exact) mass is 467 g/mol. The lowest BCUT2D eigenvalue weighted by Gasteiger charge is -2.39. The van der Waals surface area contributed by atoms with E-state index in [-0.39, 0.29) is 36.2 Å². The standard InChI is InChI=1S/C20H16BrClFNO4/c21-16-5-13(22)1-2-18(16)27-9-11-7-24(8-11)20(26)15-4-12-3-14(25)10-28-19(12)6-17(15)23/h1-2,4-6,11H,3,7-10H2. The average molecular weight is 469 g/mol. The molecule has 28 heavy (non-hydrogen) atoms. The first-order valence-corrected chi connectivity index (χ1v) is 9.92. The van der Waals surface area contributed by atoms with Gasteiger partial charge in [-0.15, -0.1) is 0 Å². The Kier molecular flexibility index (Phi) is 5.29. The fraction of sp³-hybridized carbons (Fsp3) is 0.300. The molecule has 8 heteroatoms. The minimum absolute atomic E-state index is 0.0307. The molecule has 0 aromatic heterocycles. The molecule has 0 atom stereocenters. The maximum absolute atomic E-state index is 14.3. The number of rotatable bonds is 4. The maximum atomic E-state index is 14.3. The summed E-state index contributed by atoms with van der Waals surface area (Å²) in [6.45, 7) is 1.35. The molecule has 2 aliphatic heterocycles. The van der Waals surface area contributed by atoms with Crippen molar-refractivity contribution in [1.29, 1.82) is 0 Å². The highest BCUT2D eigenvalue weighted by Crippen LogP contribution is 2.31. The second kappa shape index (κ2) is 7.72. The van der Waals surface area contributed by atoms with Gasteiger partial charge in [0.2, 0.25) is 0 Å². The highest BCUT2D eigenvalue weighted by atomic mass is 79.9. The number of carbonyl (C=O) groups excluding carboxylic acids is 2. The highest BCUT2D eigenvalue weighted by Gasteiger charge is 2.34. The zero-order chi connectivity index (χ0) is 19.8. The van der Waals surface area contributed by atoms with Gasteiger partial charge in [-0.25, -0.2) is 4.39 Å². The van der Waals surface area contributed by atoms with Crippen molar-refractivity contribution in [2.45, 2.75) is 6.42 Å². The van der Waals surface area contributed by atoms with Crippen molar-refractivity contribution in [2.75, 3.05) is 26.3 Å². The van der Waals surface area contributed by atoms with Gasteiger partial charge in [-0.05, 0) is 40.2 Å². The lowest BCUT2D eigenvalue weighted by molar-refractivity contribution is -0.121. The number of hydrogen-bond acceptors (Lipinski definition) is 4. The van der Waals surface area contributed by atoms with Crippen molar-refractivity contribution in [3.8, 4) is 11.5 Å². The zero-order valence-corrected chi connectivity index (χ0v) is 17.1. The van der Waals surface area contributed by atoms with Crippen LogP contribution in [0.25, 0.3) is 0 Å². The number of halogens is 3. The van der Waals surface area contributed by atoms with Crippen LogP contribution in [0.3, 0.4) is 0 Å². The van der Waals surface area contributed by atoms with Gasteiger partial charge in [-0.3, -0.25) is 9.59 Å². The first-order chi connectivity index (χ1) is 13.4. The van der Waals surface area contributed by atoms with Gasteiger partial charge in [-0.1, -0.05) is 11.6 Å². The molecule has 0 N–H and O–H groups in total. The normalized spacial score (nSPS) is 16.2. The molecule has 146 valence electrons. The fourth-order valence-electron chi connectivity index (χ4n) is 3.27. The third-order valence-electron chi connectivity index (χ3n) is 4.77. The molecule has 0 spiro atoms. The number of Topliss-reactive ketones (excluding diaryl/α,β-unsaturated/α-hetero) is 1. The van der Waals surface area contributed by atoms with Gasteiger partial charge < -0.3 is 14.4 Å². The van der Waals surface area contributed by atoms with E-state index < -0.39 is 5.82 Å². The van der Waals surface area contributed by atoms with Gasteiger partial charge in [-0.2, -0.15) is 0 Å². The van der Waals surface area contributed by atoms with E-state index in [0.717, 1.165) is 4.47 Å². The third kappa shape index (κ3) is 3.86. The topological polar surface area (TPSA) is 55.8 Å². The molecule has 1 saturated heterocycles. The smallest absolute Gasteiger partial charge is 0.256 e. The van der Waals surface area contributed by atoms with Crippen LogP contribution in [0.4, 0.5) is 4.39 Å². The van der Waals surface area contributed by atoms with E-state index in [1.807, 2.05) is 0 Å². The molecule has 0 aliphatic carbocycles.